The van der Waals surface area contributed by atoms with Crippen molar-refractivity contribution < 1.29 is 9.84 Å². The van der Waals surface area contributed by atoms with Gasteiger partial charge in [-0.1, -0.05) is 6.07 Å². The molecule has 1 aliphatic heterocycles. The van der Waals surface area contributed by atoms with Crippen molar-refractivity contribution in [2.75, 3.05) is 23.4 Å². The van der Waals surface area contributed by atoms with Crippen LogP contribution in [0, 0.1) is 0 Å². The fraction of sp³-hybridized carbons (Fsp3) is 0.500. The highest BCUT2D eigenvalue weighted by Crippen LogP contribution is 2.25. The standard InChI is InChI=1S/C18H25N5O2/c1-13(2)25-18-14(5-3-7-19-18)10-20-16-9-17(22-12-21-16)23-8-4-6-15(23)11-24/h3,5,7,9,12-13,15,24H,4,6,8,10-11H2,1-2H3,(H,20,21,22). The fourth-order valence-corrected chi connectivity index (χ4v) is 3.00. The van der Waals surface area contributed by atoms with Gasteiger partial charge in [-0.15, -0.1) is 0 Å². The van der Waals surface area contributed by atoms with Crippen LogP contribution in [0.3, 0.4) is 0 Å². The minimum Gasteiger partial charge on any atom is -0.475 e. The molecule has 1 aliphatic rings. The Labute approximate surface area is 148 Å². The van der Waals surface area contributed by atoms with Gasteiger partial charge in [-0.3, -0.25) is 0 Å². The summed E-state index contributed by atoms with van der Waals surface area (Å²) in [4.78, 5) is 15.1. The monoisotopic (exact) mass is 343 g/mol. The summed E-state index contributed by atoms with van der Waals surface area (Å²) in [5.74, 6) is 2.23. The number of aliphatic hydroxyl groups excluding tert-OH is 1. The molecule has 0 aromatic carbocycles. The van der Waals surface area contributed by atoms with Crippen LogP contribution in [0.15, 0.2) is 30.7 Å². The first-order valence-electron chi connectivity index (χ1n) is 8.71. The molecule has 0 spiro atoms. The van der Waals surface area contributed by atoms with Crippen LogP contribution in [0.1, 0.15) is 32.3 Å². The molecule has 3 rings (SSSR count). The van der Waals surface area contributed by atoms with E-state index in [4.69, 9.17) is 4.74 Å². The minimum absolute atomic E-state index is 0.0740. The maximum atomic E-state index is 9.50. The molecule has 0 bridgehead atoms. The maximum Gasteiger partial charge on any atom is 0.218 e. The van der Waals surface area contributed by atoms with Crippen LogP contribution in [0.4, 0.5) is 11.6 Å². The molecule has 0 amide bonds. The molecule has 134 valence electrons. The highest BCUT2D eigenvalue weighted by Gasteiger charge is 2.25. The molecule has 2 N–H and O–H groups in total. The number of nitrogens with one attached hydrogen (secondary N) is 1. The van der Waals surface area contributed by atoms with Crippen LogP contribution in [-0.4, -0.2) is 45.4 Å². The molecular weight excluding hydrogens is 318 g/mol. The lowest BCUT2D eigenvalue weighted by Crippen LogP contribution is -2.32. The van der Waals surface area contributed by atoms with Crippen LogP contribution >= 0.6 is 0 Å². The molecule has 1 atom stereocenters. The van der Waals surface area contributed by atoms with Crippen molar-refractivity contribution in [1.29, 1.82) is 0 Å². The average molecular weight is 343 g/mol. The van der Waals surface area contributed by atoms with Gasteiger partial charge >= 0.3 is 0 Å². The normalized spacial score (nSPS) is 17.1. The summed E-state index contributed by atoms with van der Waals surface area (Å²) < 4.78 is 5.75. The van der Waals surface area contributed by atoms with E-state index in [0.717, 1.165) is 36.6 Å². The first-order chi connectivity index (χ1) is 12.2. The minimum atomic E-state index is 0.0740. The van der Waals surface area contributed by atoms with Gasteiger partial charge in [0, 0.05) is 30.9 Å². The van der Waals surface area contributed by atoms with Crippen LogP contribution < -0.4 is 15.0 Å². The summed E-state index contributed by atoms with van der Waals surface area (Å²) in [5.41, 5.74) is 0.978. The smallest absolute Gasteiger partial charge is 0.218 e. The number of aliphatic hydroxyl groups is 1. The van der Waals surface area contributed by atoms with E-state index in [1.54, 1.807) is 12.5 Å². The van der Waals surface area contributed by atoms with Crippen LogP contribution in [0.5, 0.6) is 5.88 Å². The lowest BCUT2D eigenvalue weighted by atomic mass is 10.2. The van der Waals surface area contributed by atoms with E-state index in [2.05, 4.69) is 25.2 Å². The molecule has 1 saturated heterocycles. The van der Waals surface area contributed by atoms with Gasteiger partial charge in [0.1, 0.15) is 18.0 Å². The number of anilines is 2. The number of pyridine rings is 1. The molecule has 0 radical (unpaired) electrons. The summed E-state index contributed by atoms with van der Waals surface area (Å²) >= 11 is 0. The number of rotatable bonds is 7. The third-order valence-corrected chi connectivity index (χ3v) is 4.19. The van der Waals surface area contributed by atoms with Crippen LogP contribution in [0.2, 0.25) is 0 Å². The Morgan fingerprint density at radius 3 is 3.04 bits per heavy atom. The van der Waals surface area contributed by atoms with Gasteiger partial charge in [-0.25, -0.2) is 15.0 Å². The molecule has 2 aromatic rings. The number of aromatic nitrogens is 3. The predicted octanol–water partition coefficient (Wildman–Crippen LogP) is 2.23. The van der Waals surface area contributed by atoms with Gasteiger partial charge in [-0.05, 0) is 32.8 Å². The fourth-order valence-electron chi connectivity index (χ4n) is 3.00. The summed E-state index contributed by atoms with van der Waals surface area (Å²) in [6, 6.07) is 5.95. The van der Waals surface area contributed by atoms with Crippen molar-refractivity contribution >= 4 is 11.6 Å². The van der Waals surface area contributed by atoms with Crippen molar-refractivity contribution in [3.05, 3.63) is 36.3 Å². The van der Waals surface area contributed by atoms with E-state index in [0.29, 0.717) is 12.4 Å². The van der Waals surface area contributed by atoms with E-state index >= 15 is 0 Å². The topological polar surface area (TPSA) is 83.4 Å². The Hall–Kier alpha value is -2.41. The van der Waals surface area contributed by atoms with Crippen LogP contribution in [-0.2, 0) is 6.54 Å². The molecule has 1 unspecified atom stereocenters. The first kappa shape index (κ1) is 17.4. The number of nitrogens with zero attached hydrogens (tertiary/aromatic N) is 4. The first-order valence-corrected chi connectivity index (χ1v) is 8.71. The second-order valence-corrected chi connectivity index (χ2v) is 6.42. The Kier molecular flexibility index (Phi) is 5.65. The molecule has 3 heterocycles. The lowest BCUT2D eigenvalue weighted by molar-refractivity contribution is 0.230. The molecular formula is C18H25N5O2. The number of hydrogen-bond acceptors (Lipinski definition) is 7. The summed E-state index contributed by atoms with van der Waals surface area (Å²) in [5, 5.41) is 12.8. The zero-order valence-corrected chi connectivity index (χ0v) is 14.7. The lowest BCUT2D eigenvalue weighted by Gasteiger charge is -2.24. The van der Waals surface area contributed by atoms with Gasteiger partial charge in [-0.2, -0.15) is 0 Å². The SMILES string of the molecule is CC(C)Oc1ncccc1CNc1cc(N2CCCC2CO)ncn1. The van der Waals surface area contributed by atoms with E-state index in [9.17, 15) is 5.11 Å². The van der Waals surface area contributed by atoms with Gasteiger partial charge in [0.15, 0.2) is 0 Å². The van der Waals surface area contributed by atoms with Crippen molar-refractivity contribution in [1.82, 2.24) is 15.0 Å². The predicted molar refractivity (Wildman–Crippen MR) is 96.8 cm³/mol. The van der Waals surface area contributed by atoms with Gasteiger partial charge < -0.3 is 20.1 Å². The summed E-state index contributed by atoms with van der Waals surface area (Å²) in [6.45, 7) is 5.59. The quantitative estimate of drug-likeness (QED) is 0.797. The van der Waals surface area contributed by atoms with Crippen molar-refractivity contribution in [2.45, 2.75) is 45.4 Å². The average Bonchev–Trinajstić information content (AvgIpc) is 3.09. The Morgan fingerprint density at radius 1 is 1.36 bits per heavy atom. The Morgan fingerprint density at radius 2 is 2.24 bits per heavy atom. The zero-order chi connectivity index (χ0) is 17.6. The highest BCUT2D eigenvalue weighted by molar-refractivity contribution is 5.50. The summed E-state index contributed by atoms with van der Waals surface area (Å²) in [6.07, 6.45) is 5.43. The van der Waals surface area contributed by atoms with Gasteiger partial charge in [0.05, 0.1) is 18.8 Å². The van der Waals surface area contributed by atoms with Crippen molar-refractivity contribution in [3.63, 3.8) is 0 Å². The second-order valence-electron chi connectivity index (χ2n) is 6.42. The maximum absolute atomic E-state index is 9.50. The van der Waals surface area contributed by atoms with E-state index < -0.39 is 0 Å². The highest BCUT2D eigenvalue weighted by atomic mass is 16.5. The molecule has 0 aliphatic carbocycles. The van der Waals surface area contributed by atoms with Gasteiger partial charge in [0.2, 0.25) is 5.88 Å². The molecule has 1 fully saturated rings. The molecule has 0 saturated carbocycles. The molecule has 25 heavy (non-hydrogen) atoms. The van der Waals surface area contributed by atoms with Crippen molar-refractivity contribution in [3.8, 4) is 5.88 Å². The summed E-state index contributed by atoms with van der Waals surface area (Å²) in [7, 11) is 0. The third kappa shape index (κ3) is 4.36. The third-order valence-electron chi connectivity index (χ3n) is 4.19. The van der Waals surface area contributed by atoms with Crippen molar-refractivity contribution in [2.24, 2.45) is 0 Å². The van der Waals surface area contributed by atoms with E-state index in [-0.39, 0.29) is 18.8 Å². The zero-order valence-electron chi connectivity index (χ0n) is 14.7. The largest absolute Gasteiger partial charge is 0.475 e. The molecule has 7 nitrogen and oxygen atoms in total. The van der Waals surface area contributed by atoms with Crippen LogP contribution in [0.25, 0.3) is 0 Å². The second kappa shape index (κ2) is 8.11. The Bertz CT molecular complexity index is 695. The molecule has 2 aromatic heterocycles. The van der Waals surface area contributed by atoms with E-state index in [1.807, 2.05) is 32.0 Å². The number of ether oxygens (including phenoxy) is 1. The Balaban J connectivity index is 1.69. The van der Waals surface area contributed by atoms with Gasteiger partial charge in [0.25, 0.3) is 0 Å². The van der Waals surface area contributed by atoms with E-state index in [1.165, 1.54) is 0 Å². The number of hydrogen-bond donors (Lipinski definition) is 2. The molecule has 7 heteroatoms.